The number of hydrogen-bond donors (Lipinski definition) is 1. The second kappa shape index (κ2) is 6.96. The van der Waals surface area contributed by atoms with Gasteiger partial charge in [-0.3, -0.25) is 24.6 Å². The Morgan fingerprint density at radius 3 is 2.42 bits per heavy atom. The van der Waals surface area contributed by atoms with Gasteiger partial charge in [0.05, 0.1) is 11.8 Å². The van der Waals surface area contributed by atoms with Crippen molar-refractivity contribution in [1.82, 2.24) is 15.1 Å². The van der Waals surface area contributed by atoms with E-state index in [9.17, 15) is 14.4 Å². The maximum absolute atomic E-state index is 12.4. The number of hydrogen-bond acceptors (Lipinski definition) is 6. The summed E-state index contributed by atoms with van der Waals surface area (Å²) in [6.07, 6.45) is 4.26. The number of carbonyl (C=O) groups excluding carboxylic acids is 3. The Hall–Kier alpha value is -1.83. The highest BCUT2D eigenvalue weighted by atomic mass is 32.1. The molecule has 1 aromatic rings. The quantitative estimate of drug-likeness (QED) is 0.818. The van der Waals surface area contributed by atoms with Gasteiger partial charge in [-0.1, -0.05) is 38.0 Å². The van der Waals surface area contributed by atoms with Gasteiger partial charge in [0.25, 0.3) is 0 Å². The molecule has 1 saturated heterocycles. The molecule has 1 N–H and O–H groups in total. The molecule has 0 radical (unpaired) electrons. The summed E-state index contributed by atoms with van der Waals surface area (Å²) in [7, 11) is 0. The molecule has 0 unspecified atom stereocenters. The molecule has 8 heteroatoms. The number of amides is 3. The summed E-state index contributed by atoms with van der Waals surface area (Å²) in [5.41, 5.74) is 0. The van der Waals surface area contributed by atoms with Gasteiger partial charge in [-0.2, -0.15) is 0 Å². The zero-order valence-electron chi connectivity index (χ0n) is 13.9. The molecule has 1 aliphatic heterocycles. The number of rotatable bonds is 5. The number of nitrogens with zero attached hydrogens (tertiary/aromatic N) is 3. The van der Waals surface area contributed by atoms with Crippen LogP contribution in [0.3, 0.4) is 0 Å². The number of carbonyl (C=O) groups is 3. The lowest BCUT2D eigenvalue weighted by molar-refractivity contribution is -0.142. The molecule has 2 aliphatic rings. The molecule has 2 atom stereocenters. The highest BCUT2D eigenvalue weighted by Crippen LogP contribution is 2.37. The zero-order valence-corrected chi connectivity index (χ0v) is 14.8. The van der Waals surface area contributed by atoms with E-state index in [2.05, 4.69) is 29.4 Å². The SMILES string of the molecule is CC(C)Cc1nnc(NC(=O)CN2C(=O)[C@@H]3CCCC[C@H]3C2=O)s1. The number of anilines is 1. The Morgan fingerprint density at radius 2 is 1.83 bits per heavy atom. The van der Waals surface area contributed by atoms with E-state index in [4.69, 9.17) is 0 Å². The van der Waals surface area contributed by atoms with Crippen LogP contribution in [0.25, 0.3) is 0 Å². The van der Waals surface area contributed by atoms with Crippen LogP contribution in [0.4, 0.5) is 5.13 Å². The fourth-order valence-electron chi connectivity index (χ4n) is 3.43. The van der Waals surface area contributed by atoms with Gasteiger partial charge >= 0.3 is 0 Å². The lowest BCUT2D eigenvalue weighted by Crippen LogP contribution is -2.38. The highest BCUT2D eigenvalue weighted by Gasteiger charge is 2.48. The molecular formula is C16H22N4O3S. The Bertz CT molecular complexity index is 634. The van der Waals surface area contributed by atoms with Crippen LogP contribution in [0.2, 0.25) is 0 Å². The molecule has 0 bridgehead atoms. The fourth-order valence-corrected chi connectivity index (χ4v) is 4.39. The van der Waals surface area contributed by atoms with E-state index < -0.39 is 5.91 Å². The van der Waals surface area contributed by atoms with Crippen LogP contribution < -0.4 is 5.32 Å². The minimum Gasteiger partial charge on any atom is -0.299 e. The molecule has 1 aliphatic carbocycles. The summed E-state index contributed by atoms with van der Waals surface area (Å²) in [5, 5.41) is 11.9. The largest absolute Gasteiger partial charge is 0.299 e. The Balaban J connectivity index is 1.59. The average Bonchev–Trinajstić information content (AvgIpc) is 3.05. The molecule has 3 rings (SSSR count). The first-order valence-corrected chi connectivity index (χ1v) is 9.25. The molecular weight excluding hydrogens is 328 g/mol. The molecule has 2 fully saturated rings. The van der Waals surface area contributed by atoms with Gasteiger partial charge in [0.1, 0.15) is 11.6 Å². The van der Waals surface area contributed by atoms with Gasteiger partial charge in [0, 0.05) is 6.42 Å². The van der Waals surface area contributed by atoms with Crippen LogP contribution in [-0.4, -0.2) is 39.4 Å². The summed E-state index contributed by atoms with van der Waals surface area (Å²) in [6.45, 7) is 3.94. The summed E-state index contributed by atoms with van der Waals surface area (Å²) >= 11 is 1.33. The monoisotopic (exact) mass is 350 g/mol. The summed E-state index contributed by atoms with van der Waals surface area (Å²) < 4.78 is 0. The van der Waals surface area contributed by atoms with Crippen molar-refractivity contribution in [1.29, 1.82) is 0 Å². The van der Waals surface area contributed by atoms with E-state index in [1.54, 1.807) is 0 Å². The Kier molecular flexibility index (Phi) is 4.93. The fraction of sp³-hybridized carbons (Fsp3) is 0.688. The molecule has 7 nitrogen and oxygen atoms in total. The lowest BCUT2D eigenvalue weighted by Gasteiger charge is -2.19. The van der Waals surface area contributed by atoms with Crippen molar-refractivity contribution in [2.24, 2.45) is 17.8 Å². The van der Waals surface area contributed by atoms with E-state index in [1.165, 1.54) is 11.3 Å². The van der Waals surface area contributed by atoms with E-state index in [0.29, 0.717) is 11.0 Å². The lowest BCUT2D eigenvalue weighted by atomic mass is 9.81. The predicted octanol–water partition coefficient (Wildman–Crippen LogP) is 1.85. The summed E-state index contributed by atoms with van der Waals surface area (Å²) in [6, 6.07) is 0. The van der Waals surface area contributed by atoms with Crippen molar-refractivity contribution < 1.29 is 14.4 Å². The summed E-state index contributed by atoms with van der Waals surface area (Å²) in [5.74, 6) is -0.779. The first-order valence-electron chi connectivity index (χ1n) is 8.43. The van der Waals surface area contributed by atoms with E-state index >= 15 is 0 Å². The van der Waals surface area contributed by atoms with E-state index in [1.807, 2.05) is 0 Å². The number of likely N-dealkylation sites (tertiary alicyclic amines) is 1. The topological polar surface area (TPSA) is 92.3 Å². The van der Waals surface area contributed by atoms with Crippen molar-refractivity contribution in [3.8, 4) is 0 Å². The molecule has 24 heavy (non-hydrogen) atoms. The molecule has 0 spiro atoms. The third kappa shape index (κ3) is 3.48. The predicted molar refractivity (Wildman–Crippen MR) is 89.2 cm³/mol. The molecule has 0 aromatic carbocycles. The van der Waals surface area contributed by atoms with Crippen molar-refractivity contribution in [3.05, 3.63) is 5.01 Å². The third-order valence-electron chi connectivity index (χ3n) is 4.53. The van der Waals surface area contributed by atoms with Gasteiger partial charge in [-0.25, -0.2) is 0 Å². The molecule has 1 saturated carbocycles. The first kappa shape index (κ1) is 17.0. The normalized spacial score (nSPS) is 23.7. The number of aromatic nitrogens is 2. The van der Waals surface area contributed by atoms with Crippen LogP contribution in [0, 0.1) is 17.8 Å². The first-order chi connectivity index (χ1) is 11.5. The van der Waals surface area contributed by atoms with Gasteiger partial charge < -0.3 is 0 Å². The standard InChI is InChI=1S/C16H22N4O3S/c1-9(2)7-13-18-19-16(24-13)17-12(21)8-20-14(22)10-5-3-4-6-11(10)15(20)23/h9-11H,3-8H2,1-2H3,(H,17,19,21)/t10-,11-/m1/s1. The van der Waals surface area contributed by atoms with Crippen LogP contribution in [0.5, 0.6) is 0 Å². The Labute approximate surface area is 144 Å². The van der Waals surface area contributed by atoms with Gasteiger partial charge in [0.15, 0.2) is 0 Å². The van der Waals surface area contributed by atoms with Crippen LogP contribution >= 0.6 is 11.3 Å². The van der Waals surface area contributed by atoms with Crippen molar-refractivity contribution in [2.75, 3.05) is 11.9 Å². The van der Waals surface area contributed by atoms with Gasteiger partial charge in [-0.05, 0) is 18.8 Å². The maximum Gasteiger partial charge on any atom is 0.246 e. The van der Waals surface area contributed by atoms with Crippen molar-refractivity contribution in [2.45, 2.75) is 46.0 Å². The van der Waals surface area contributed by atoms with Crippen molar-refractivity contribution >= 4 is 34.2 Å². The van der Waals surface area contributed by atoms with Gasteiger partial charge in [-0.15, -0.1) is 10.2 Å². The second-order valence-electron chi connectivity index (χ2n) is 6.91. The minimum atomic E-state index is -0.400. The smallest absolute Gasteiger partial charge is 0.246 e. The van der Waals surface area contributed by atoms with Crippen LogP contribution in [0.15, 0.2) is 0 Å². The molecule has 2 heterocycles. The number of nitrogens with one attached hydrogen (secondary N) is 1. The maximum atomic E-state index is 12.4. The molecule has 1 aromatic heterocycles. The zero-order chi connectivity index (χ0) is 17.3. The van der Waals surface area contributed by atoms with E-state index in [-0.39, 0.29) is 30.2 Å². The van der Waals surface area contributed by atoms with E-state index in [0.717, 1.165) is 42.0 Å². The third-order valence-corrected chi connectivity index (χ3v) is 5.39. The summed E-state index contributed by atoms with van der Waals surface area (Å²) in [4.78, 5) is 38.0. The van der Waals surface area contributed by atoms with Crippen LogP contribution in [0.1, 0.15) is 44.5 Å². The van der Waals surface area contributed by atoms with Gasteiger partial charge in [0.2, 0.25) is 22.9 Å². The van der Waals surface area contributed by atoms with Crippen molar-refractivity contribution in [3.63, 3.8) is 0 Å². The van der Waals surface area contributed by atoms with Crippen LogP contribution in [-0.2, 0) is 20.8 Å². The average molecular weight is 350 g/mol. The number of imide groups is 1. The Morgan fingerprint density at radius 1 is 1.21 bits per heavy atom. The minimum absolute atomic E-state index is 0.197. The molecule has 130 valence electrons. The molecule has 3 amide bonds. The number of fused-ring (bicyclic) bond motifs is 1. The highest BCUT2D eigenvalue weighted by molar-refractivity contribution is 7.15. The second-order valence-corrected chi connectivity index (χ2v) is 7.97.